The standard InChI is InChI=1S/C12H17FN2O2/c1-4-15(5-2)12(16)14-9-6-7-10(13)11(8-9)17-3/h6-8H,4-5H2,1-3H3,(H,14,16). The Labute approximate surface area is 100 Å². The Bertz CT molecular complexity index is 392. The third-order valence-electron chi connectivity index (χ3n) is 2.45. The summed E-state index contributed by atoms with van der Waals surface area (Å²) < 4.78 is 18.0. The monoisotopic (exact) mass is 240 g/mol. The van der Waals surface area contributed by atoms with Gasteiger partial charge in [-0.1, -0.05) is 0 Å². The number of ether oxygens (including phenoxy) is 1. The summed E-state index contributed by atoms with van der Waals surface area (Å²) in [7, 11) is 1.38. The number of benzene rings is 1. The van der Waals surface area contributed by atoms with Crippen LogP contribution in [0.3, 0.4) is 0 Å². The van der Waals surface area contributed by atoms with Crippen molar-refractivity contribution in [1.29, 1.82) is 0 Å². The lowest BCUT2D eigenvalue weighted by Crippen LogP contribution is -2.34. The van der Waals surface area contributed by atoms with Gasteiger partial charge < -0.3 is 15.0 Å². The van der Waals surface area contributed by atoms with Crippen molar-refractivity contribution in [2.75, 3.05) is 25.5 Å². The molecule has 2 amide bonds. The fraction of sp³-hybridized carbons (Fsp3) is 0.417. The summed E-state index contributed by atoms with van der Waals surface area (Å²) in [5.74, 6) is -0.337. The van der Waals surface area contributed by atoms with Gasteiger partial charge in [0.15, 0.2) is 11.6 Å². The summed E-state index contributed by atoms with van der Waals surface area (Å²) in [6.45, 7) is 5.05. The van der Waals surface area contributed by atoms with Crippen molar-refractivity contribution in [3.63, 3.8) is 0 Å². The van der Waals surface area contributed by atoms with Crippen LogP contribution in [0.1, 0.15) is 13.8 Å². The minimum atomic E-state index is -0.451. The van der Waals surface area contributed by atoms with Crippen LogP contribution in [0.2, 0.25) is 0 Å². The summed E-state index contributed by atoms with van der Waals surface area (Å²) in [4.78, 5) is 13.4. The van der Waals surface area contributed by atoms with Crippen molar-refractivity contribution in [2.24, 2.45) is 0 Å². The van der Waals surface area contributed by atoms with Crippen molar-refractivity contribution in [3.05, 3.63) is 24.0 Å². The maximum atomic E-state index is 13.2. The van der Waals surface area contributed by atoms with Gasteiger partial charge in [0.1, 0.15) is 0 Å². The van der Waals surface area contributed by atoms with E-state index in [1.165, 1.54) is 25.3 Å². The number of methoxy groups -OCH3 is 1. The molecule has 0 aromatic heterocycles. The van der Waals surface area contributed by atoms with Crippen LogP contribution in [0, 0.1) is 5.82 Å². The van der Waals surface area contributed by atoms with Crippen LogP contribution >= 0.6 is 0 Å². The van der Waals surface area contributed by atoms with E-state index in [9.17, 15) is 9.18 Å². The molecule has 94 valence electrons. The molecule has 4 nitrogen and oxygen atoms in total. The van der Waals surface area contributed by atoms with E-state index in [0.29, 0.717) is 18.8 Å². The molecule has 0 unspecified atom stereocenters. The summed E-state index contributed by atoms with van der Waals surface area (Å²) >= 11 is 0. The minimum absolute atomic E-state index is 0.113. The average Bonchev–Trinajstić information content (AvgIpc) is 2.33. The van der Waals surface area contributed by atoms with Gasteiger partial charge in [-0.2, -0.15) is 0 Å². The highest BCUT2D eigenvalue weighted by molar-refractivity contribution is 5.89. The molecule has 0 radical (unpaired) electrons. The largest absolute Gasteiger partial charge is 0.494 e. The first-order chi connectivity index (χ1) is 8.12. The highest BCUT2D eigenvalue weighted by Crippen LogP contribution is 2.21. The maximum absolute atomic E-state index is 13.2. The average molecular weight is 240 g/mol. The zero-order chi connectivity index (χ0) is 12.8. The first-order valence-corrected chi connectivity index (χ1v) is 5.51. The number of carbonyl (C=O) groups excluding carboxylic acids is 1. The molecule has 0 saturated heterocycles. The third-order valence-corrected chi connectivity index (χ3v) is 2.45. The molecule has 1 N–H and O–H groups in total. The number of carbonyl (C=O) groups is 1. The molecule has 0 spiro atoms. The van der Waals surface area contributed by atoms with Gasteiger partial charge in [-0.15, -0.1) is 0 Å². The molecule has 0 heterocycles. The van der Waals surface area contributed by atoms with E-state index in [4.69, 9.17) is 4.74 Å². The predicted octanol–water partition coefficient (Wildman–Crippen LogP) is 2.71. The zero-order valence-corrected chi connectivity index (χ0v) is 10.3. The topological polar surface area (TPSA) is 41.6 Å². The minimum Gasteiger partial charge on any atom is -0.494 e. The van der Waals surface area contributed by atoms with Crippen molar-refractivity contribution in [3.8, 4) is 5.75 Å². The highest BCUT2D eigenvalue weighted by atomic mass is 19.1. The molecule has 1 aromatic carbocycles. The molecule has 0 fully saturated rings. The molecule has 1 aromatic rings. The fourth-order valence-electron chi connectivity index (χ4n) is 1.45. The van der Waals surface area contributed by atoms with Crippen molar-refractivity contribution in [1.82, 2.24) is 4.90 Å². The van der Waals surface area contributed by atoms with E-state index in [2.05, 4.69) is 5.32 Å². The van der Waals surface area contributed by atoms with Crippen LogP contribution in [-0.2, 0) is 0 Å². The summed E-state index contributed by atoms with van der Waals surface area (Å²) in [6.07, 6.45) is 0. The molecule has 0 saturated carbocycles. The first kappa shape index (κ1) is 13.3. The van der Waals surface area contributed by atoms with Crippen LogP contribution < -0.4 is 10.1 Å². The lowest BCUT2D eigenvalue weighted by Gasteiger charge is -2.19. The summed E-state index contributed by atoms with van der Waals surface area (Å²) in [6, 6.07) is 4.01. The van der Waals surface area contributed by atoms with E-state index < -0.39 is 5.82 Å². The smallest absolute Gasteiger partial charge is 0.321 e. The van der Waals surface area contributed by atoms with Gasteiger partial charge in [0.25, 0.3) is 0 Å². The van der Waals surface area contributed by atoms with Gasteiger partial charge in [0.05, 0.1) is 7.11 Å². The second-order valence-electron chi connectivity index (χ2n) is 3.45. The Morgan fingerprint density at radius 2 is 2.06 bits per heavy atom. The molecular weight excluding hydrogens is 223 g/mol. The van der Waals surface area contributed by atoms with Gasteiger partial charge in [-0.3, -0.25) is 0 Å². The number of urea groups is 1. The Hall–Kier alpha value is -1.78. The van der Waals surface area contributed by atoms with E-state index in [1.54, 1.807) is 4.90 Å². The Morgan fingerprint density at radius 3 is 2.59 bits per heavy atom. The van der Waals surface area contributed by atoms with Crippen LogP contribution in [0.25, 0.3) is 0 Å². The molecule has 0 bridgehead atoms. The van der Waals surface area contributed by atoms with E-state index in [-0.39, 0.29) is 11.8 Å². The SMILES string of the molecule is CCN(CC)C(=O)Nc1ccc(F)c(OC)c1. The van der Waals surface area contributed by atoms with Crippen molar-refractivity contribution < 1.29 is 13.9 Å². The third kappa shape index (κ3) is 3.34. The Balaban J connectivity index is 2.78. The fourth-order valence-corrected chi connectivity index (χ4v) is 1.45. The molecular formula is C12H17FN2O2. The zero-order valence-electron chi connectivity index (χ0n) is 10.3. The van der Waals surface area contributed by atoms with Crippen LogP contribution in [0.15, 0.2) is 18.2 Å². The van der Waals surface area contributed by atoms with Crippen molar-refractivity contribution >= 4 is 11.7 Å². The maximum Gasteiger partial charge on any atom is 0.321 e. The van der Waals surface area contributed by atoms with Gasteiger partial charge in [-0.05, 0) is 26.0 Å². The number of amides is 2. The predicted molar refractivity (Wildman–Crippen MR) is 64.9 cm³/mol. The van der Waals surface area contributed by atoms with Gasteiger partial charge in [0, 0.05) is 24.8 Å². The Morgan fingerprint density at radius 1 is 1.41 bits per heavy atom. The molecule has 0 aliphatic heterocycles. The Kier molecular flexibility index (Phi) is 4.75. The number of anilines is 1. The highest BCUT2D eigenvalue weighted by Gasteiger charge is 2.10. The van der Waals surface area contributed by atoms with Crippen molar-refractivity contribution in [2.45, 2.75) is 13.8 Å². The quantitative estimate of drug-likeness (QED) is 0.879. The summed E-state index contributed by atoms with van der Waals surface area (Å²) in [5, 5.41) is 2.69. The molecule has 0 atom stereocenters. The van der Waals surface area contributed by atoms with Crippen LogP contribution in [-0.4, -0.2) is 31.1 Å². The molecule has 0 aliphatic carbocycles. The number of rotatable bonds is 4. The van der Waals surface area contributed by atoms with E-state index in [1.807, 2.05) is 13.8 Å². The van der Waals surface area contributed by atoms with Gasteiger partial charge in [0.2, 0.25) is 0 Å². The van der Waals surface area contributed by atoms with E-state index >= 15 is 0 Å². The van der Waals surface area contributed by atoms with E-state index in [0.717, 1.165) is 0 Å². The molecule has 17 heavy (non-hydrogen) atoms. The molecule has 5 heteroatoms. The second kappa shape index (κ2) is 6.08. The van der Waals surface area contributed by atoms with Gasteiger partial charge in [-0.25, -0.2) is 9.18 Å². The number of hydrogen-bond donors (Lipinski definition) is 1. The van der Waals surface area contributed by atoms with Crippen LogP contribution in [0.4, 0.5) is 14.9 Å². The molecule has 1 rings (SSSR count). The number of nitrogens with one attached hydrogen (secondary N) is 1. The number of nitrogens with zero attached hydrogens (tertiary/aromatic N) is 1. The number of hydrogen-bond acceptors (Lipinski definition) is 2. The van der Waals surface area contributed by atoms with Crippen LogP contribution in [0.5, 0.6) is 5.75 Å². The normalized spacial score (nSPS) is 9.88. The summed E-state index contributed by atoms with van der Waals surface area (Å²) in [5.41, 5.74) is 0.514. The number of halogens is 1. The second-order valence-corrected chi connectivity index (χ2v) is 3.45. The first-order valence-electron chi connectivity index (χ1n) is 5.51. The lowest BCUT2D eigenvalue weighted by atomic mass is 10.3. The molecule has 0 aliphatic rings. The lowest BCUT2D eigenvalue weighted by molar-refractivity contribution is 0.217. The van der Waals surface area contributed by atoms with Gasteiger partial charge >= 0.3 is 6.03 Å².